The molecule has 0 saturated heterocycles. The summed E-state index contributed by atoms with van der Waals surface area (Å²) in [5.74, 6) is -0.826. The average molecular weight is 422 g/mol. The third-order valence-corrected chi connectivity index (χ3v) is 5.78. The molecule has 3 aromatic rings. The molecular formula is C23H19FN2O3S. The summed E-state index contributed by atoms with van der Waals surface area (Å²) in [6, 6.07) is 14.6. The van der Waals surface area contributed by atoms with Crippen molar-refractivity contribution in [3.05, 3.63) is 102 Å². The van der Waals surface area contributed by atoms with E-state index in [2.05, 4.69) is 4.99 Å². The van der Waals surface area contributed by atoms with E-state index >= 15 is 0 Å². The van der Waals surface area contributed by atoms with Crippen LogP contribution in [0.25, 0.3) is 6.08 Å². The molecule has 1 aromatic heterocycles. The van der Waals surface area contributed by atoms with Crippen molar-refractivity contribution in [2.45, 2.75) is 19.9 Å². The third-order valence-electron chi connectivity index (χ3n) is 4.80. The van der Waals surface area contributed by atoms with Gasteiger partial charge in [-0.25, -0.2) is 14.2 Å². The lowest BCUT2D eigenvalue weighted by atomic mass is 9.96. The number of benzene rings is 2. The van der Waals surface area contributed by atoms with Crippen LogP contribution in [-0.4, -0.2) is 17.1 Å². The molecule has 5 nitrogen and oxygen atoms in total. The molecule has 7 heteroatoms. The number of nitrogens with zero attached hydrogens (tertiary/aromatic N) is 2. The van der Waals surface area contributed by atoms with Gasteiger partial charge in [0.25, 0.3) is 5.56 Å². The molecule has 30 heavy (non-hydrogen) atoms. The van der Waals surface area contributed by atoms with Crippen LogP contribution in [0, 0.1) is 5.82 Å². The van der Waals surface area contributed by atoms with Crippen LogP contribution in [0.2, 0.25) is 0 Å². The van der Waals surface area contributed by atoms with Crippen molar-refractivity contribution in [1.82, 2.24) is 4.57 Å². The van der Waals surface area contributed by atoms with Gasteiger partial charge >= 0.3 is 5.97 Å². The van der Waals surface area contributed by atoms with E-state index in [4.69, 9.17) is 4.74 Å². The fourth-order valence-corrected chi connectivity index (χ4v) is 4.50. The van der Waals surface area contributed by atoms with Crippen molar-refractivity contribution >= 4 is 23.4 Å². The monoisotopic (exact) mass is 422 g/mol. The third kappa shape index (κ3) is 3.64. The maximum atomic E-state index is 13.3. The molecule has 1 unspecified atom stereocenters. The van der Waals surface area contributed by atoms with E-state index in [1.54, 1.807) is 32.1 Å². The van der Waals surface area contributed by atoms with Crippen molar-refractivity contribution in [2.24, 2.45) is 4.99 Å². The number of aromatic nitrogens is 1. The number of rotatable bonds is 4. The fraction of sp³-hybridized carbons (Fsp3) is 0.174. The van der Waals surface area contributed by atoms with Gasteiger partial charge in [-0.3, -0.25) is 9.36 Å². The SMILES string of the molecule is CCOC(=O)C1=C(C)N=c2s/c(=C/c3ccc(F)cc3)c(=O)n2C1c1ccccc1. The van der Waals surface area contributed by atoms with Gasteiger partial charge in [-0.05, 0) is 43.2 Å². The standard InChI is InChI=1S/C23H19FN2O3S/c1-3-29-22(28)19-14(2)25-23-26(20(19)16-7-5-4-6-8-16)21(27)18(30-23)13-15-9-11-17(24)12-10-15/h4-13,20H,3H2,1-2H3/b18-13+. The zero-order valence-electron chi connectivity index (χ0n) is 16.5. The molecule has 152 valence electrons. The van der Waals surface area contributed by atoms with Gasteiger partial charge in [0.15, 0.2) is 4.80 Å². The van der Waals surface area contributed by atoms with Gasteiger partial charge in [-0.2, -0.15) is 0 Å². The van der Waals surface area contributed by atoms with Crippen molar-refractivity contribution in [3.8, 4) is 0 Å². The molecule has 0 N–H and O–H groups in total. The maximum Gasteiger partial charge on any atom is 0.338 e. The molecule has 4 rings (SSSR count). The highest BCUT2D eigenvalue weighted by atomic mass is 32.1. The normalized spacial score (nSPS) is 16.2. The van der Waals surface area contributed by atoms with E-state index in [1.807, 2.05) is 30.3 Å². The molecule has 0 aliphatic carbocycles. The number of fused-ring (bicyclic) bond motifs is 1. The van der Waals surface area contributed by atoms with Gasteiger partial charge in [0, 0.05) is 0 Å². The lowest BCUT2D eigenvalue weighted by Gasteiger charge is -2.24. The van der Waals surface area contributed by atoms with Gasteiger partial charge in [-0.1, -0.05) is 53.8 Å². The topological polar surface area (TPSA) is 60.7 Å². The molecule has 0 fully saturated rings. The molecule has 1 atom stereocenters. The first-order valence-electron chi connectivity index (χ1n) is 9.49. The Kier molecular flexibility index (Phi) is 5.46. The summed E-state index contributed by atoms with van der Waals surface area (Å²) >= 11 is 1.24. The predicted molar refractivity (Wildman–Crippen MR) is 113 cm³/mol. The molecule has 1 aliphatic rings. The number of hydrogen-bond donors (Lipinski definition) is 0. The second kappa shape index (κ2) is 8.20. The van der Waals surface area contributed by atoms with E-state index in [9.17, 15) is 14.0 Å². The molecular weight excluding hydrogens is 403 g/mol. The van der Waals surface area contributed by atoms with Crippen LogP contribution in [0.15, 0.2) is 75.7 Å². The first-order valence-corrected chi connectivity index (χ1v) is 10.3. The zero-order chi connectivity index (χ0) is 21.3. The summed E-state index contributed by atoms with van der Waals surface area (Å²) in [5.41, 5.74) is 2.12. The highest BCUT2D eigenvalue weighted by Crippen LogP contribution is 2.30. The molecule has 0 amide bonds. The Balaban J connectivity index is 1.94. The molecule has 1 aliphatic heterocycles. The van der Waals surface area contributed by atoms with E-state index in [0.29, 0.717) is 26.2 Å². The second-order valence-corrected chi connectivity index (χ2v) is 7.77. The number of hydrogen-bond acceptors (Lipinski definition) is 5. The van der Waals surface area contributed by atoms with Gasteiger partial charge in [-0.15, -0.1) is 0 Å². The van der Waals surface area contributed by atoms with Crippen molar-refractivity contribution in [2.75, 3.05) is 6.61 Å². The zero-order valence-corrected chi connectivity index (χ0v) is 17.3. The Morgan fingerprint density at radius 1 is 1.20 bits per heavy atom. The average Bonchev–Trinajstić information content (AvgIpc) is 3.04. The molecule has 0 bridgehead atoms. The first-order chi connectivity index (χ1) is 14.5. The van der Waals surface area contributed by atoms with E-state index < -0.39 is 12.0 Å². The molecule has 0 spiro atoms. The number of ether oxygens (including phenoxy) is 1. The van der Waals surface area contributed by atoms with Crippen LogP contribution < -0.4 is 14.9 Å². The smallest absolute Gasteiger partial charge is 0.338 e. The largest absolute Gasteiger partial charge is 0.463 e. The van der Waals surface area contributed by atoms with Crippen LogP contribution in [0.5, 0.6) is 0 Å². The van der Waals surface area contributed by atoms with Gasteiger partial charge in [0.05, 0.1) is 28.5 Å². The summed E-state index contributed by atoms with van der Waals surface area (Å²) < 4.78 is 20.5. The highest BCUT2D eigenvalue weighted by Gasteiger charge is 2.33. The lowest BCUT2D eigenvalue weighted by molar-refractivity contribution is -0.139. The Labute approximate surface area is 176 Å². The van der Waals surface area contributed by atoms with E-state index in [0.717, 1.165) is 5.56 Å². The Morgan fingerprint density at radius 2 is 1.90 bits per heavy atom. The quantitative estimate of drug-likeness (QED) is 0.608. The number of carbonyl (C=O) groups excluding carboxylic acids is 1. The molecule has 0 radical (unpaired) electrons. The predicted octanol–water partition coefficient (Wildman–Crippen LogP) is 2.94. The van der Waals surface area contributed by atoms with Gasteiger partial charge < -0.3 is 4.74 Å². The number of halogens is 1. The minimum atomic E-state index is -0.628. The highest BCUT2D eigenvalue weighted by molar-refractivity contribution is 7.07. The first kappa shape index (κ1) is 20.0. The molecule has 2 heterocycles. The summed E-state index contributed by atoms with van der Waals surface area (Å²) in [4.78, 5) is 31.1. The van der Waals surface area contributed by atoms with Crippen LogP contribution in [-0.2, 0) is 9.53 Å². The maximum absolute atomic E-state index is 13.3. The Morgan fingerprint density at radius 3 is 2.57 bits per heavy atom. The summed E-state index contributed by atoms with van der Waals surface area (Å²) in [5, 5.41) is 0. The van der Waals surface area contributed by atoms with Crippen molar-refractivity contribution in [1.29, 1.82) is 0 Å². The Bertz CT molecular complexity index is 1310. The number of allylic oxidation sites excluding steroid dienone is 1. The van der Waals surface area contributed by atoms with E-state index in [1.165, 1.54) is 28.0 Å². The Hall–Kier alpha value is -3.32. The van der Waals surface area contributed by atoms with Crippen LogP contribution in [0.3, 0.4) is 0 Å². The number of esters is 1. The van der Waals surface area contributed by atoms with Crippen LogP contribution >= 0.6 is 11.3 Å². The summed E-state index contributed by atoms with van der Waals surface area (Å²) in [7, 11) is 0. The van der Waals surface area contributed by atoms with Crippen molar-refractivity contribution in [3.63, 3.8) is 0 Å². The van der Waals surface area contributed by atoms with Crippen molar-refractivity contribution < 1.29 is 13.9 Å². The minimum Gasteiger partial charge on any atom is -0.463 e. The fourth-order valence-electron chi connectivity index (χ4n) is 3.45. The van der Waals surface area contributed by atoms with Crippen LogP contribution in [0.4, 0.5) is 4.39 Å². The van der Waals surface area contributed by atoms with Crippen LogP contribution in [0.1, 0.15) is 31.0 Å². The summed E-state index contributed by atoms with van der Waals surface area (Å²) in [6.07, 6.45) is 1.70. The molecule has 2 aromatic carbocycles. The number of thiazole rings is 1. The second-order valence-electron chi connectivity index (χ2n) is 6.76. The summed E-state index contributed by atoms with van der Waals surface area (Å²) in [6.45, 7) is 3.72. The van der Waals surface area contributed by atoms with Gasteiger partial charge in [0.1, 0.15) is 5.82 Å². The minimum absolute atomic E-state index is 0.228. The van der Waals surface area contributed by atoms with E-state index in [-0.39, 0.29) is 18.0 Å². The van der Waals surface area contributed by atoms with Gasteiger partial charge in [0.2, 0.25) is 0 Å². The number of carbonyl (C=O) groups is 1. The lowest BCUT2D eigenvalue weighted by Crippen LogP contribution is -2.39. The molecule has 0 saturated carbocycles.